The second-order valence-electron chi connectivity index (χ2n) is 5.10. The maximum atomic E-state index is 9.39. The van der Waals surface area contributed by atoms with Crippen molar-refractivity contribution in [1.82, 2.24) is 4.90 Å². The van der Waals surface area contributed by atoms with Gasteiger partial charge in [-0.15, -0.1) is 0 Å². The molecule has 1 aromatic carbocycles. The Kier molecular flexibility index (Phi) is 6.38. The van der Waals surface area contributed by atoms with Crippen LogP contribution >= 0.6 is 0 Å². The van der Waals surface area contributed by atoms with Crippen molar-refractivity contribution >= 4 is 0 Å². The van der Waals surface area contributed by atoms with Gasteiger partial charge in [-0.3, -0.25) is 4.90 Å². The third kappa shape index (κ3) is 4.92. The van der Waals surface area contributed by atoms with Crippen molar-refractivity contribution in [2.75, 3.05) is 13.6 Å². The van der Waals surface area contributed by atoms with Crippen molar-refractivity contribution in [2.24, 2.45) is 0 Å². The van der Waals surface area contributed by atoms with Crippen molar-refractivity contribution < 1.29 is 4.74 Å². The lowest BCUT2D eigenvalue weighted by Gasteiger charge is -2.23. The van der Waals surface area contributed by atoms with Crippen LogP contribution in [0.1, 0.15) is 45.2 Å². The van der Waals surface area contributed by atoms with Gasteiger partial charge in [0.2, 0.25) is 0 Å². The van der Waals surface area contributed by atoms with Crippen LogP contribution in [0.5, 0.6) is 5.75 Å². The van der Waals surface area contributed by atoms with Crippen LogP contribution < -0.4 is 4.74 Å². The summed E-state index contributed by atoms with van der Waals surface area (Å²) >= 11 is 0. The van der Waals surface area contributed by atoms with Gasteiger partial charge in [-0.1, -0.05) is 25.5 Å². The molecule has 1 atom stereocenters. The molecule has 0 N–H and O–H groups in total. The molecule has 104 valence electrons. The number of hydrogen-bond acceptors (Lipinski definition) is 3. The van der Waals surface area contributed by atoms with Crippen LogP contribution in [-0.4, -0.2) is 24.6 Å². The normalized spacial score (nSPS) is 12.5. The predicted molar refractivity (Wildman–Crippen MR) is 78.1 cm³/mol. The lowest BCUT2D eigenvalue weighted by molar-refractivity contribution is 0.241. The first-order valence-corrected chi connectivity index (χ1v) is 6.95. The van der Waals surface area contributed by atoms with Crippen LogP contribution in [0.15, 0.2) is 24.3 Å². The lowest BCUT2D eigenvalue weighted by atomic mass is 10.1. The van der Waals surface area contributed by atoms with E-state index in [9.17, 15) is 5.26 Å². The molecule has 0 bridgehead atoms. The van der Waals surface area contributed by atoms with Crippen molar-refractivity contribution in [3.05, 3.63) is 29.8 Å². The van der Waals surface area contributed by atoms with Gasteiger partial charge >= 0.3 is 0 Å². The fourth-order valence-corrected chi connectivity index (χ4v) is 1.99. The summed E-state index contributed by atoms with van der Waals surface area (Å²) in [6.07, 6.45) is 2.39. The second-order valence-corrected chi connectivity index (χ2v) is 5.10. The number of benzene rings is 1. The zero-order valence-corrected chi connectivity index (χ0v) is 12.4. The van der Waals surface area contributed by atoms with E-state index in [0.29, 0.717) is 0 Å². The van der Waals surface area contributed by atoms with E-state index in [1.54, 1.807) is 0 Å². The summed E-state index contributed by atoms with van der Waals surface area (Å²) < 4.78 is 5.68. The van der Waals surface area contributed by atoms with Crippen molar-refractivity contribution in [2.45, 2.75) is 45.8 Å². The standard InChI is InChI=1S/C16H24N2O/c1-5-6-10-18(4)16(12-17)14-8-7-9-15(11-14)19-13(2)3/h7-9,11,13,16H,5-6,10H2,1-4H3. The molecule has 1 aromatic rings. The van der Waals surface area contributed by atoms with Gasteiger partial charge in [0.1, 0.15) is 11.8 Å². The Balaban J connectivity index is 2.83. The van der Waals surface area contributed by atoms with E-state index in [-0.39, 0.29) is 12.1 Å². The molecule has 3 nitrogen and oxygen atoms in total. The number of rotatable bonds is 7. The summed E-state index contributed by atoms with van der Waals surface area (Å²) in [5.41, 5.74) is 0.999. The number of nitriles is 1. The first-order chi connectivity index (χ1) is 9.08. The fraction of sp³-hybridized carbons (Fsp3) is 0.562. The van der Waals surface area contributed by atoms with Crippen LogP contribution in [0.25, 0.3) is 0 Å². The van der Waals surface area contributed by atoms with Crippen molar-refractivity contribution in [3.8, 4) is 11.8 Å². The van der Waals surface area contributed by atoms with Gasteiger partial charge in [0.25, 0.3) is 0 Å². The van der Waals surface area contributed by atoms with E-state index in [1.807, 2.05) is 45.2 Å². The summed E-state index contributed by atoms with van der Waals surface area (Å²) in [5.74, 6) is 0.830. The second kappa shape index (κ2) is 7.81. The van der Waals surface area contributed by atoms with Crippen molar-refractivity contribution in [3.63, 3.8) is 0 Å². The quantitative estimate of drug-likeness (QED) is 0.748. The third-order valence-corrected chi connectivity index (χ3v) is 2.97. The maximum absolute atomic E-state index is 9.39. The first-order valence-electron chi connectivity index (χ1n) is 6.95. The smallest absolute Gasteiger partial charge is 0.123 e. The number of ether oxygens (including phenoxy) is 1. The predicted octanol–water partition coefficient (Wildman–Crippen LogP) is 3.77. The van der Waals surface area contributed by atoms with Gasteiger partial charge in [0, 0.05) is 0 Å². The summed E-state index contributed by atoms with van der Waals surface area (Å²) in [6.45, 7) is 7.10. The van der Waals surface area contributed by atoms with E-state index in [4.69, 9.17) is 4.74 Å². The minimum absolute atomic E-state index is 0.147. The van der Waals surface area contributed by atoms with Crippen LogP contribution in [0, 0.1) is 11.3 Å². The van der Waals surface area contributed by atoms with E-state index < -0.39 is 0 Å². The molecule has 1 rings (SSSR count). The lowest BCUT2D eigenvalue weighted by Crippen LogP contribution is -2.24. The SMILES string of the molecule is CCCCN(C)C(C#N)c1cccc(OC(C)C)c1. The van der Waals surface area contributed by atoms with Crippen LogP contribution in [0.4, 0.5) is 0 Å². The van der Waals surface area contributed by atoms with E-state index in [1.165, 1.54) is 0 Å². The fourth-order valence-electron chi connectivity index (χ4n) is 1.99. The number of nitrogens with zero attached hydrogens (tertiary/aromatic N) is 2. The Hall–Kier alpha value is -1.53. The summed E-state index contributed by atoms with van der Waals surface area (Å²) in [7, 11) is 2.00. The molecule has 0 aliphatic rings. The van der Waals surface area contributed by atoms with E-state index in [0.717, 1.165) is 30.7 Å². The Morgan fingerprint density at radius 2 is 2.11 bits per heavy atom. The molecule has 0 saturated carbocycles. The first kappa shape index (κ1) is 15.5. The highest BCUT2D eigenvalue weighted by molar-refractivity contribution is 5.33. The summed E-state index contributed by atoms with van der Waals surface area (Å²) in [5, 5.41) is 9.39. The average Bonchev–Trinajstić information content (AvgIpc) is 2.37. The molecular formula is C16H24N2O. The summed E-state index contributed by atoms with van der Waals surface area (Å²) in [6, 6.07) is 10.0. The molecule has 0 fully saturated rings. The van der Waals surface area contributed by atoms with Crippen LogP contribution in [0.3, 0.4) is 0 Å². The van der Waals surface area contributed by atoms with Crippen molar-refractivity contribution in [1.29, 1.82) is 5.26 Å². The largest absolute Gasteiger partial charge is 0.491 e. The van der Waals surface area contributed by atoms with Gasteiger partial charge in [-0.2, -0.15) is 5.26 Å². The molecule has 0 amide bonds. The minimum atomic E-state index is -0.206. The molecule has 0 saturated heterocycles. The molecular weight excluding hydrogens is 236 g/mol. The van der Waals surface area contributed by atoms with Crippen LogP contribution in [-0.2, 0) is 0 Å². The van der Waals surface area contributed by atoms with Gasteiger partial charge in [-0.25, -0.2) is 0 Å². The Labute approximate surface area is 116 Å². The molecule has 0 spiro atoms. The number of hydrogen-bond donors (Lipinski definition) is 0. The average molecular weight is 260 g/mol. The maximum Gasteiger partial charge on any atom is 0.123 e. The Morgan fingerprint density at radius 3 is 2.68 bits per heavy atom. The zero-order chi connectivity index (χ0) is 14.3. The summed E-state index contributed by atoms with van der Waals surface area (Å²) in [4.78, 5) is 2.10. The molecule has 0 aliphatic heterocycles. The monoisotopic (exact) mass is 260 g/mol. The Morgan fingerprint density at radius 1 is 1.37 bits per heavy atom. The Bertz CT molecular complexity index is 423. The highest BCUT2D eigenvalue weighted by Crippen LogP contribution is 2.23. The molecule has 3 heteroatoms. The molecule has 1 unspecified atom stereocenters. The number of unbranched alkanes of at least 4 members (excludes halogenated alkanes) is 1. The molecule has 0 heterocycles. The highest BCUT2D eigenvalue weighted by atomic mass is 16.5. The molecule has 19 heavy (non-hydrogen) atoms. The van der Waals surface area contributed by atoms with E-state index >= 15 is 0 Å². The van der Waals surface area contributed by atoms with Gasteiger partial charge in [-0.05, 0) is 51.6 Å². The van der Waals surface area contributed by atoms with Gasteiger partial charge in [0.15, 0.2) is 0 Å². The highest BCUT2D eigenvalue weighted by Gasteiger charge is 2.16. The zero-order valence-electron chi connectivity index (χ0n) is 12.4. The van der Waals surface area contributed by atoms with Crippen LogP contribution in [0.2, 0.25) is 0 Å². The topological polar surface area (TPSA) is 36.3 Å². The molecule has 0 aromatic heterocycles. The van der Waals surface area contributed by atoms with Gasteiger partial charge < -0.3 is 4.74 Å². The minimum Gasteiger partial charge on any atom is -0.491 e. The third-order valence-electron chi connectivity index (χ3n) is 2.97. The van der Waals surface area contributed by atoms with E-state index in [2.05, 4.69) is 17.9 Å². The van der Waals surface area contributed by atoms with Gasteiger partial charge in [0.05, 0.1) is 12.2 Å². The molecule has 0 radical (unpaired) electrons. The molecule has 0 aliphatic carbocycles.